The van der Waals surface area contributed by atoms with Crippen LogP contribution in [0.1, 0.15) is 49.7 Å². The van der Waals surface area contributed by atoms with Crippen LogP contribution in [0.25, 0.3) is 0 Å². The van der Waals surface area contributed by atoms with E-state index in [1.54, 1.807) is 0 Å². The molecule has 3 atom stereocenters. The smallest absolute Gasteiger partial charge is 0.193 e. The molecule has 2 saturated carbocycles. The van der Waals surface area contributed by atoms with Gasteiger partial charge in [0.2, 0.25) is 0 Å². The highest BCUT2D eigenvalue weighted by molar-refractivity contribution is 14.0. The Bertz CT molecular complexity index is 633. The number of nitrogens with one attached hydrogen (secondary N) is 1. The zero-order chi connectivity index (χ0) is 15.9. The molecular formula is C19H28IN3O. The highest BCUT2D eigenvalue weighted by Gasteiger charge is 2.49. The van der Waals surface area contributed by atoms with Crippen LogP contribution in [-0.2, 0) is 12.8 Å². The fraction of sp³-hybridized carbons (Fsp3) is 0.632. The number of aryl methyl sites for hydroxylation is 2. The van der Waals surface area contributed by atoms with Gasteiger partial charge in [-0.3, -0.25) is 4.99 Å². The average Bonchev–Trinajstić information content (AvgIpc) is 3.21. The molecule has 3 unspecified atom stereocenters. The molecule has 1 aromatic rings. The highest BCUT2D eigenvalue weighted by atomic mass is 127. The lowest BCUT2D eigenvalue weighted by molar-refractivity contribution is -0.0181. The van der Waals surface area contributed by atoms with Crippen molar-refractivity contribution in [2.75, 3.05) is 11.9 Å². The van der Waals surface area contributed by atoms with Gasteiger partial charge in [0.05, 0.1) is 5.60 Å². The summed E-state index contributed by atoms with van der Waals surface area (Å²) >= 11 is 0. The Labute approximate surface area is 161 Å². The van der Waals surface area contributed by atoms with Gasteiger partial charge in [-0.1, -0.05) is 6.07 Å². The summed E-state index contributed by atoms with van der Waals surface area (Å²) < 4.78 is 0. The number of rotatable bonds is 4. The third kappa shape index (κ3) is 3.57. The van der Waals surface area contributed by atoms with Gasteiger partial charge >= 0.3 is 0 Å². The van der Waals surface area contributed by atoms with Crippen LogP contribution < -0.4 is 11.1 Å². The van der Waals surface area contributed by atoms with Gasteiger partial charge in [-0.05, 0) is 86.5 Å². The van der Waals surface area contributed by atoms with Crippen molar-refractivity contribution in [1.82, 2.24) is 0 Å². The van der Waals surface area contributed by atoms with Crippen molar-refractivity contribution in [1.29, 1.82) is 0 Å². The van der Waals surface area contributed by atoms with E-state index in [0.717, 1.165) is 30.9 Å². The van der Waals surface area contributed by atoms with E-state index in [1.165, 1.54) is 43.2 Å². The number of aliphatic hydroxyl groups is 1. The van der Waals surface area contributed by atoms with Crippen molar-refractivity contribution in [3.05, 3.63) is 29.3 Å². The standard InChI is InChI=1S/C19H27N3O.HI/c20-18(22-17-7-5-14-2-1-3-15(14)11-17)21-9-8-19(23)12-13-4-6-16(19)10-13;/h5,7,11,13,16,23H,1-4,6,8-10,12H2,(H3,20,21,22);1H. The molecule has 4 nitrogen and oxygen atoms in total. The van der Waals surface area contributed by atoms with Gasteiger partial charge in [-0.15, -0.1) is 24.0 Å². The summed E-state index contributed by atoms with van der Waals surface area (Å²) in [5, 5.41) is 13.9. The van der Waals surface area contributed by atoms with Crippen molar-refractivity contribution in [2.45, 2.75) is 57.0 Å². The van der Waals surface area contributed by atoms with Crippen LogP contribution in [0.15, 0.2) is 23.2 Å². The summed E-state index contributed by atoms with van der Waals surface area (Å²) in [5.74, 6) is 1.69. The monoisotopic (exact) mass is 441 g/mol. The molecule has 0 heterocycles. The molecular weight excluding hydrogens is 413 g/mol. The molecule has 5 heteroatoms. The molecule has 0 saturated heterocycles. The minimum absolute atomic E-state index is 0. The van der Waals surface area contributed by atoms with Crippen LogP contribution in [0.5, 0.6) is 0 Å². The molecule has 0 aromatic heterocycles. The predicted molar refractivity (Wildman–Crippen MR) is 109 cm³/mol. The number of nitrogens with two attached hydrogens (primary N) is 1. The number of nitrogens with zero attached hydrogens (tertiary/aromatic N) is 1. The Morgan fingerprint density at radius 3 is 2.88 bits per heavy atom. The molecule has 0 spiro atoms. The summed E-state index contributed by atoms with van der Waals surface area (Å²) in [4.78, 5) is 4.43. The molecule has 2 bridgehead atoms. The molecule has 4 rings (SSSR count). The van der Waals surface area contributed by atoms with E-state index < -0.39 is 5.60 Å². The predicted octanol–water partition coefficient (Wildman–Crippen LogP) is 3.46. The van der Waals surface area contributed by atoms with E-state index in [0.29, 0.717) is 18.4 Å². The number of hydrogen-bond acceptors (Lipinski definition) is 2. The van der Waals surface area contributed by atoms with Gasteiger partial charge in [0.25, 0.3) is 0 Å². The Hall–Kier alpha value is -0.820. The fourth-order valence-corrected chi connectivity index (χ4v) is 4.93. The van der Waals surface area contributed by atoms with Gasteiger partial charge < -0.3 is 16.2 Å². The molecule has 3 aliphatic carbocycles. The molecule has 1 aromatic carbocycles. The molecule has 0 aliphatic heterocycles. The molecule has 0 radical (unpaired) electrons. The molecule has 24 heavy (non-hydrogen) atoms. The minimum Gasteiger partial charge on any atom is -0.390 e. The first-order valence-corrected chi connectivity index (χ1v) is 9.03. The van der Waals surface area contributed by atoms with Gasteiger partial charge in [0.15, 0.2) is 5.96 Å². The van der Waals surface area contributed by atoms with E-state index in [-0.39, 0.29) is 24.0 Å². The third-order valence-corrected chi connectivity index (χ3v) is 6.14. The first kappa shape index (κ1) is 18.0. The first-order chi connectivity index (χ1) is 11.1. The van der Waals surface area contributed by atoms with Crippen LogP contribution in [0.3, 0.4) is 0 Å². The van der Waals surface area contributed by atoms with Crippen molar-refractivity contribution in [2.24, 2.45) is 22.6 Å². The molecule has 4 N–H and O–H groups in total. The summed E-state index contributed by atoms with van der Waals surface area (Å²) in [6.45, 7) is 0.601. The summed E-state index contributed by atoms with van der Waals surface area (Å²) in [5.41, 5.74) is 9.44. The van der Waals surface area contributed by atoms with E-state index in [4.69, 9.17) is 5.73 Å². The maximum atomic E-state index is 10.8. The number of anilines is 1. The van der Waals surface area contributed by atoms with Crippen LogP contribution in [0, 0.1) is 11.8 Å². The summed E-state index contributed by atoms with van der Waals surface area (Å²) in [6, 6.07) is 6.46. The van der Waals surface area contributed by atoms with E-state index in [9.17, 15) is 5.11 Å². The zero-order valence-corrected chi connectivity index (χ0v) is 16.5. The van der Waals surface area contributed by atoms with Gasteiger partial charge in [0.1, 0.15) is 0 Å². The normalized spacial score (nSPS) is 31.0. The lowest BCUT2D eigenvalue weighted by atomic mass is 9.82. The van der Waals surface area contributed by atoms with Crippen LogP contribution in [0.4, 0.5) is 5.69 Å². The van der Waals surface area contributed by atoms with Crippen molar-refractivity contribution in [3.8, 4) is 0 Å². The quantitative estimate of drug-likeness (QED) is 0.381. The average molecular weight is 441 g/mol. The highest BCUT2D eigenvalue weighted by Crippen LogP contribution is 2.52. The second kappa shape index (κ2) is 7.20. The second-order valence-corrected chi connectivity index (χ2v) is 7.66. The van der Waals surface area contributed by atoms with Gasteiger partial charge in [-0.25, -0.2) is 0 Å². The third-order valence-electron chi connectivity index (χ3n) is 6.14. The number of guanidine groups is 1. The number of benzene rings is 1. The Morgan fingerprint density at radius 2 is 2.12 bits per heavy atom. The van der Waals surface area contributed by atoms with E-state index in [2.05, 4.69) is 28.5 Å². The zero-order valence-electron chi connectivity index (χ0n) is 14.1. The fourth-order valence-electron chi connectivity index (χ4n) is 4.93. The lowest BCUT2D eigenvalue weighted by Crippen LogP contribution is -2.36. The van der Waals surface area contributed by atoms with Crippen LogP contribution in [-0.4, -0.2) is 23.2 Å². The number of aliphatic imine (C=N–C) groups is 1. The van der Waals surface area contributed by atoms with Crippen LogP contribution in [0.2, 0.25) is 0 Å². The number of fused-ring (bicyclic) bond motifs is 3. The maximum Gasteiger partial charge on any atom is 0.193 e. The molecule has 0 amide bonds. The van der Waals surface area contributed by atoms with Crippen LogP contribution >= 0.6 is 24.0 Å². The Balaban J connectivity index is 0.00000169. The number of halogens is 1. The minimum atomic E-state index is -0.486. The first-order valence-electron chi connectivity index (χ1n) is 9.03. The Morgan fingerprint density at radius 1 is 1.29 bits per heavy atom. The van der Waals surface area contributed by atoms with E-state index >= 15 is 0 Å². The Kier molecular flexibility index (Phi) is 5.39. The van der Waals surface area contributed by atoms with Crippen molar-refractivity contribution >= 4 is 35.6 Å². The van der Waals surface area contributed by atoms with E-state index in [1.807, 2.05) is 0 Å². The molecule has 2 fully saturated rings. The second-order valence-electron chi connectivity index (χ2n) is 7.66. The molecule has 132 valence electrons. The lowest BCUT2D eigenvalue weighted by Gasteiger charge is -2.31. The topological polar surface area (TPSA) is 70.6 Å². The van der Waals surface area contributed by atoms with Gasteiger partial charge in [0, 0.05) is 12.2 Å². The van der Waals surface area contributed by atoms with Gasteiger partial charge in [-0.2, -0.15) is 0 Å². The van der Waals surface area contributed by atoms with Crippen molar-refractivity contribution in [3.63, 3.8) is 0 Å². The molecule has 3 aliphatic rings. The number of hydrogen-bond donors (Lipinski definition) is 3. The van der Waals surface area contributed by atoms with Crippen molar-refractivity contribution < 1.29 is 5.11 Å². The summed E-state index contributed by atoms with van der Waals surface area (Å²) in [7, 11) is 0. The summed E-state index contributed by atoms with van der Waals surface area (Å²) in [6.07, 6.45) is 9.02. The SMILES string of the molecule is I.NC(=NCCC1(O)CC2CCC1C2)Nc1ccc2c(c1)CCC2. The maximum absolute atomic E-state index is 10.8. The largest absolute Gasteiger partial charge is 0.390 e.